The zero-order valence-corrected chi connectivity index (χ0v) is 15.3. The summed E-state index contributed by atoms with van der Waals surface area (Å²) in [6.45, 7) is 7.32. The van der Waals surface area contributed by atoms with Crippen LogP contribution in [0, 0.1) is 6.92 Å². The van der Waals surface area contributed by atoms with E-state index in [9.17, 15) is 13.2 Å². The van der Waals surface area contributed by atoms with Gasteiger partial charge in [0.05, 0.1) is 0 Å². The predicted molar refractivity (Wildman–Crippen MR) is 92.6 cm³/mol. The van der Waals surface area contributed by atoms with E-state index in [-0.39, 0.29) is 11.8 Å². The van der Waals surface area contributed by atoms with Gasteiger partial charge in [-0.3, -0.25) is 0 Å². The van der Waals surface area contributed by atoms with Crippen molar-refractivity contribution in [1.82, 2.24) is 9.97 Å². The summed E-state index contributed by atoms with van der Waals surface area (Å²) in [5.41, 5.74) is 0.0695. The van der Waals surface area contributed by atoms with Crippen LogP contribution in [0.5, 0.6) is 0 Å². The first-order valence-corrected chi connectivity index (χ1v) is 8.01. The largest absolute Gasteiger partial charge is 0.433 e. The average Bonchev–Trinajstić information content (AvgIpc) is 2.41. The second kappa shape index (κ2) is 6.58. The zero-order valence-electron chi connectivity index (χ0n) is 13.7. The smallest absolute Gasteiger partial charge is 0.350 e. The molecule has 0 aliphatic rings. The summed E-state index contributed by atoms with van der Waals surface area (Å²) in [4.78, 5) is 7.72. The normalized spacial score (nSPS) is 12.2. The molecule has 2 rings (SSSR count). The number of aromatic nitrogens is 2. The fraction of sp³-hybridized carbons (Fsp3) is 0.375. The van der Waals surface area contributed by atoms with Crippen molar-refractivity contribution in [3.8, 4) is 0 Å². The molecule has 0 unspecified atom stereocenters. The summed E-state index contributed by atoms with van der Waals surface area (Å²) >= 11 is 3.39. The van der Waals surface area contributed by atoms with Gasteiger partial charge in [0, 0.05) is 21.8 Å². The van der Waals surface area contributed by atoms with Crippen LogP contribution in [0.3, 0.4) is 0 Å². The molecule has 0 radical (unpaired) electrons. The van der Waals surface area contributed by atoms with Crippen molar-refractivity contribution in [2.45, 2.75) is 39.4 Å². The summed E-state index contributed by atoms with van der Waals surface area (Å²) < 4.78 is 40.2. The monoisotopic (exact) mass is 402 g/mol. The van der Waals surface area contributed by atoms with E-state index >= 15 is 0 Å². The van der Waals surface area contributed by atoms with Crippen LogP contribution in [0.2, 0.25) is 0 Å². The van der Waals surface area contributed by atoms with Crippen molar-refractivity contribution in [3.63, 3.8) is 0 Å². The number of benzene rings is 1. The van der Waals surface area contributed by atoms with Crippen molar-refractivity contribution in [2.24, 2.45) is 0 Å². The highest BCUT2D eigenvalue weighted by Crippen LogP contribution is 2.32. The van der Waals surface area contributed by atoms with Gasteiger partial charge in [-0.1, -0.05) is 22.0 Å². The highest BCUT2D eigenvalue weighted by Gasteiger charge is 2.34. The average molecular weight is 403 g/mol. The number of anilines is 3. The Bertz CT molecular complexity index is 739. The van der Waals surface area contributed by atoms with Gasteiger partial charge >= 0.3 is 6.18 Å². The van der Waals surface area contributed by atoms with Crippen molar-refractivity contribution in [3.05, 3.63) is 40.0 Å². The van der Waals surface area contributed by atoms with Crippen LogP contribution >= 0.6 is 15.9 Å². The Balaban J connectivity index is 2.45. The van der Waals surface area contributed by atoms with Crippen LogP contribution in [0.1, 0.15) is 32.0 Å². The fourth-order valence-corrected chi connectivity index (χ4v) is 2.29. The van der Waals surface area contributed by atoms with E-state index in [0.717, 1.165) is 16.1 Å². The lowest BCUT2D eigenvalue weighted by Gasteiger charge is -2.22. The summed E-state index contributed by atoms with van der Waals surface area (Å²) in [7, 11) is 0. The Morgan fingerprint density at radius 3 is 2.33 bits per heavy atom. The van der Waals surface area contributed by atoms with Crippen molar-refractivity contribution >= 4 is 33.4 Å². The van der Waals surface area contributed by atoms with E-state index in [0.29, 0.717) is 5.69 Å². The Labute approximate surface area is 147 Å². The number of hydrogen-bond donors (Lipinski definition) is 2. The Morgan fingerprint density at radius 1 is 1.08 bits per heavy atom. The summed E-state index contributed by atoms with van der Waals surface area (Å²) in [6.07, 6.45) is -4.56. The molecule has 8 heteroatoms. The molecule has 0 fully saturated rings. The van der Waals surface area contributed by atoms with Crippen LogP contribution in [0.15, 0.2) is 28.7 Å². The number of hydrogen-bond acceptors (Lipinski definition) is 4. The second-order valence-electron chi connectivity index (χ2n) is 6.37. The van der Waals surface area contributed by atoms with Gasteiger partial charge in [0.25, 0.3) is 0 Å². The lowest BCUT2D eigenvalue weighted by molar-refractivity contribution is -0.141. The number of halogens is 4. The molecule has 0 bridgehead atoms. The van der Waals surface area contributed by atoms with Crippen LogP contribution in [0.25, 0.3) is 0 Å². The van der Waals surface area contributed by atoms with Gasteiger partial charge in [-0.25, -0.2) is 4.98 Å². The van der Waals surface area contributed by atoms with E-state index < -0.39 is 17.4 Å². The summed E-state index contributed by atoms with van der Waals surface area (Å²) in [5, 5.41) is 5.80. The molecule has 2 N–H and O–H groups in total. The zero-order chi connectivity index (χ0) is 18.1. The quantitative estimate of drug-likeness (QED) is 0.709. The van der Waals surface area contributed by atoms with Gasteiger partial charge in [-0.2, -0.15) is 18.2 Å². The third-order valence-corrected chi connectivity index (χ3v) is 3.89. The minimum Gasteiger partial charge on any atom is -0.350 e. The Hall–Kier alpha value is -1.83. The molecule has 1 aromatic carbocycles. The van der Waals surface area contributed by atoms with E-state index in [4.69, 9.17) is 0 Å². The molecule has 1 aromatic heterocycles. The van der Waals surface area contributed by atoms with Crippen LogP contribution < -0.4 is 10.6 Å². The minimum absolute atomic E-state index is 0.0743. The van der Waals surface area contributed by atoms with Crippen LogP contribution in [0.4, 0.5) is 30.6 Å². The van der Waals surface area contributed by atoms with Gasteiger partial charge < -0.3 is 10.6 Å². The molecular formula is C16H18BrF3N4. The number of nitrogens with zero attached hydrogens (tertiary/aromatic N) is 2. The first-order valence-electron chi connectivity index (χ1n) is 7.22. The van der Waals surface area contributed by atoms with Gasteiger partial charge in [0.2, 0.25) is 5.95 Å². The third kappa shape index (κ3) is 4.83. The van der Waals surface area contributed by atoms with Crippen molar-refractivity contribution in [1.29, 1.82) is 0 Å². The number of rotatable bonds is 3. The standard InChI is InChI=1S/C16H18BrF3N4/c1-9-10(17)6-5-7-11(9)21-13-8-12(16(18,19)20)22-14(23-13)24-15(2,3)4/h5-8H,1-4H3,(H2,21,22,23,24). The molecule has 0 saturated heterocycles. The van der Waals surface area contributed by atoms with Gasteiger partial charge in [-0.15, -0.1) is 0 Å². The highest BCUT2D eigenvalue weighted by atomic mass is 79.9. The molecular weight excluding hydrogens is 385 g/mol. The lowest BCUT2D eigenvalue weighted by atomic mass is 10.1. The maximum absolute atomic E-state index is 13.1. The van der Waals surface area contributed by atoms with Crippen molar-refractivity contribution in [2.75, 3.05) is 10.6 Å². The lowest BCUT2D eigenvalue weighted by Crippen LogP contribution is -2.28. The van der Waals surface area contributed by atoms with Gasteiger partial charge in [0.15, 0.2) is 5.69 Å². The molecule has 130 valence electrons. The Kier molecular flexibility index (Phi) is 5.08. The van der Waals surface area contributed by atoms with Gasteiger partial charge in [-0.05, 0) is 45.4 Å². The topological polar surface area (TPSA) is 49.8 Å². The Morgan fingerprint density at radius 2 is 1.75 bits per heavy atom. The first-order chi connectivity index (χ1) is 11.0. The predicted octanol–water partition coefficient (Wildman–Crippen LogP) is 5.52. The van der Waals surface area contributed by atoms with E-state index in [1.54, 1.807) is 12.1 Å². The van der Waals surface area contributed by atoms with Crippen molar-refractivity contribution < 1.29 is 13.2 Å². The maximum Gasteiger partial charge on any atom is 0.433 e. The molecule has 0 saturated carbocycles. The second-order valence-corrected chi connectivity index (χ2v) is 7.23. The molecule has 0 spiro atoms. The van der Waals surface area contributed by atoms with E-state index in [1.165, 1.54) is 0 Å². The molecule has 2 aromatic rings. The number of alkyl halides is 3. The number of nitrogens with one attached hydrogen (secondary N) is 2. The molecule has 0 aliphatic carbocycles. The SMILES string of the molecule is Cc1c(Br)cccc1Nc1cc(C(F)(F)F)nc(NC(C)(C)C)n1. The molecule has 0 atom stereocenters. The summed E-state index contributed by atoms with van der Waals surface area (Å²) in [5.74, 6) is -0.00208. The van der Waals surface area contributed by atoms with Gasteiger partial charge in [0.1, 0.15) is 5.82 Å². The highest BCUT2D eigenvalue weighted by molar-refractivity contribution is 9.10. The summed E-state index contributed by atoms with van der Waals surface area (Å²) in [6, 6.07) is 6.31. The van der Waals surface area contributed by atoms with Crippen LogP contribution in [-0.4, -0.2) is 15.5 Å². The molecule has 0 aliphatic heterocycles. The fourth-order valence-electron chi connectivity index (χ4n) is 1.93. The van der Waals surface area contributed by atoms with E-state index in [2.05, 4.69) is 36.5 Å². The molecule has 24 heavy (non-hydrogen) atoms. The minimum atomic E-state index is -4.56. The van der Waals surface area contributed by atoms with E-state index in [1.807, 2.05) is 33.8 Å². The maximum atomic E-state index is 13.1. The van der Waals surface area contributed by atoms with Crippen LogP contribution in [-0.2, 0) is 6.18 Å². The third-order valence-electron chi connectivity index (χ3n) is 3.03. The molecule has 0 amide bonds. The molecule has 1 heterocycles. The molecule has 4 nitrogen and oxygen atoms in total. The first kappa shape index (κ1) is 18.5.